The Labute approximate surface area is 175 Å². The minimum absolute atomic E-state index is 0.180. The Morgan fingerprint density at radius 1 is 1.14 bits per heavy atom. The first kappa shape index (κ1) is 22.0. The fourth-order valence-corrected chi connectivity index (χ4v) is 4.18. The molecule has 0 amide bonds. The minimum atomic E-state index is -2.56. The zero-order valence-corrected chi connectivity index (χ0v) is 17.7. The van der Waals surface area contributed by atoms with E-state index in [1.165, 1.54) is 11.0 Å². The zero-order chi connectivity index (χ0) is 21.4. The summed E-state index contributed by atoms with van der Waals surface area (Å²) in [5, 5.41) is 45.1. The lowest BCUT2D eigenvalue weighted by atomic mass is 10.0. The molecule has 1 saturated heterocycles. The highest BCUT2D eigenvalue weighted by Gasteiger charge is 2.46. The molecule has 0 radical (unpaired) electrons. The average Bonchev–Trinajstić information content (AvgIpc) is 3.30. The lowest BCUT2D eigenvalue weighted by Crippen LogP contribution is -2.49. The van der Waals surface area contributed by atoms with E-state index >= 15 is 0 Å². The molecule has 1 aliphatic heterocycles. The second-order valence-corrected chi connectivity index (χ2v) is 7.82. The van der Waals surface area contributed by atoms with Crippen molar-refractivity contribution in [3.05, 3.63) is 57.6 Å². The maximum Gasteiger partial charge on any atom is 0.287 e. The van der Waals surface area contributed by atoms with E-state index in [1.54, 1.807) is 31.2 Å². The van der Waals surface area contributed by atoms with Gasteiger partial charge in [-0.2, -0.15) is 0 Å². The predicted octanol–water partition coefficient (Wildman–Crippen LogP) is 2.27. The van der Waals surface area contributed by atoms with Crippen molar-refractivity contribution in [1.29, 1.82) is 0 Å². The van der Waals surface area contributed by atoms with Crippen LogP contribution >= 0.6 is 11.6 Å². The van der Waals surface area contributed by atoms with E-state index in [4.69, 9.17) is 11.6 Å². The Morgan fingerprint density at radius 2 is 1.79 bits per heavy atom. The number of halogens is 1. The first-order chi connectivity index (χ1) is 13.6. The van der Waals surface area contributed by atoms with Crippen molar-refractivity contribution in [3.8, 4) is 0 Å². The first-order valence-corrected chi connectivity index (χ1v) is 10.2. The van der Waals surface area contributed by atoms with Crippen molar-refractivity contribution in [2.45, 2.75) is 51.9 Å². The van der Waals surface area contributed by atoms with Gasteiger partial charge in [0.15, 0.2) is 5.82 Å². The number of nitrogens with zero attached hydrogens (tertiary/aromatic N) is 3. The van der Waals surface area contributed by atoms with Crippen molar-refractivity contribution in [3.63, 3.8) is 0 Å². The Bertz CT molecular complexity index is 915. The highest BCUT2D eigenvalue weighted by Crippen LogP contribution is 2.35. The Hall–Kier alpha value is -1.74. The Balaban J connectivity index is 2.27. The van der Waals surface area contributed by atoms with E-state index in [9.17, 15) is 20.4 Å². The predicted molar refractivity (Wildman–Crippen MR) is 111 cm³/mol. The molecule has 1 aliphatic rings. The Kier molecular flexibility index (Phi) is 6.19. The molecule has 0 saturated carbocycles. The van der Waals surface area contributed by atoms with Crippen LogP contribution in [0.2, 0.25) is 5.02 Å². The molecule has 0 atom stereocenters. The molecule has 7 nitrogen and oxygen atoms in total. The van der Waals surface area contributed by atoms with Gasteiger partial charge in [0, 0.05) is 23.7 Å². The first-order valence-electron chi connectivity index (χ1n) is 9.81. The van der Waals surface area contributed by atoms with Crippen LogP contribution in [0.15, 0.2) is 24.3 Å². The summed E-state index contributed by atoms with van der Waals surface area (Å²) in [7, 11) is 0. The van der Waals surface area contributed by atoms with Gasteiger partial charge in [-0.25, -0.2) is 9.88 Å². The number of likely N-dealkylation sites (tertiary alicyclic amines) is 1. The average molecular weight is 422 g/mol. The molecule has 1 aromatic carbocycles. The van der Waals surface area contributed by atoms with Crippen molar-refractivity contribution in [1.82, 2.24) is 14.5 Å². The van der Waals surface area contributed by atoms with Crippen LogP contribution in [0, 0.1) is 6.92 Å². The van der Waals surface area contributed by atoms with Crippen LogP contribution in [0.5, 0.6) is 0 Å². The normalized spacial score (nSPS) is 16.3. The molecular weight excluding hydrogens is 394 g/mol. The molecule has 0 aliphatic carbocycles. The van der Waals surface area contributed by atoms with Gasteiger partial charge in [-0.1, -0.05) is 24.6 Å². The van der Waals surface area contributed by atoms with Crippen LogP contribution in [0.25, 0.3) is 6.08 Å². The van der Waals surface area contributed by atoms with Crippen molar-refractivity contribution in [2.24, 2.45) is 0 Å². The molecule has 1 fully saturated rings. The van der Waals surface area contributed by atoms with Crippen LogP contribution < -0.4 is 0 Å². The number of hydrogen-bond donors (Lipinski definition) is 4. The topological polar surface area (TPSA) is 102 Å². The van der Waals surface area contributed by atoms with Crippen LogP contribution in [-0.4, -0.2) is 48.0 Å². The number of aromatic nitrogens is 2. The van der Waals surface area contributed by atoms with Crippen LogP contribution in [0.3, 0.4) is 0 Å². The summed E-state index contributed by atoms with van der Waals surface area (Å²) in [5.74, 6) is -5.24. The number of imidazole rings is 1. The van der Waals surface area contributed by atoms with Gasteiger partial charge in [0.2, 0.25) is 0 Å². The van der Waals surface area contributed by atoms with Crippen LogP contribution in [-0.2, 0) is 18.2 Å². The largest absolute Gasteiger partial charge is 0.347 e. The van der Waals surface area contributed by atoms with Crippen LogP contribution in [0.4, 0.5) is 0 Å². The lowest BCUT2D eigenvalue weighted by molar-refractivity contribution is -0.286. The fourth-order valence-electron chi connectivity index (χ4n) is 3.96. The third-order valence-corrected chi connectivity index (χ3v) is 5.61. The third-order valence-electron chi connectivity index (χ3n) is 5.37. The summed E-state index contributed by atoms with van der Waals surface area (Å²) >= 11 is 6.03. The van der Waals surface area contributed by atoms with Gasteiger partial charge in [-0.3, -0.25) is 4.57 Å². The highest BCUT2D eigenvalue weighted by molar-refractivity contribution is 6.30. The molecule has 2 aromatic rings. The number of aliphatic hydroxyl groups is 4. The zero-order valence-electron chi connectivity index (χ0n) is 16.9. The molecule has 0 unspecified atom stereocenters. The third kappa shape index (κ3) is 3.86. The Morgan fingerprint density at radius 3 is 2.34 bits per heavy atom. The number of benzene rings is 1. The lowest BCUT2D eigenvalue weighted by Gasteiger charge is -2.35. The van der Waals surface area contributed by atoms with E-state index in [2.05, 4.69) is 4.98 Å². The molecule has 0 spiro atoms. The number of aryl methyl sites for hydroxylation is 1. The quantitative estimate of drug-likeness (QED) is 0.534. The van der Waals surface area contributed by atoms with Gasteiger partial charge in [-0.05, 0) is 62.9 Å². The van der Waals surface area contributed by atoms with E-state index in [0.29, 0.717) is 41.5 Å². The van der Waals surface area contributed by atoms with E-state index in [-0.39, 0.29) is 11.4 Å². The molecule has 0 bridgehead atoms. The summed E-state index contributed by atoms with van der Waals surface area (Å²) in [6, 6.07) is 4.70. The monoisotopic (exact) mass is 421 g/mol. The molecule has 29 heavy (non-hydrogen) atoms. The van der Waals surface area contributed by atoms with E-state index < -0.39 is 11.8 Å². The van der Waals surface area contributed by atoms with Gasteiger partial charge in [0.25, 0.3) is 11.8 Å². The smallest absolute Gasteiger partial charge is 0.287 e. The molecule has 3 rings (SSSR count). The van der Waals surface area contributed by atoms with Crippen molar-refractivity contribution >= 4 is 17.7 Å². The summed E-state index contributed by atoms with van der Waals surface area (Å²) in [6.45, 7) is 6.33. The van der Waals surface area contributed by atoms with E-state index in [0.717, 1.165) is 17.4 Å². The van der Waals surface area contributed by atoms with Gasteiger partial charge < -0.3 is 20.4 Å². The second kappa shape index (κ2) is 8.18. The van der Waals surface area contributed by atoms with Gasteiger partial charge in [0.1, 0.15) is 0 Å². The summed E-state index contributed by atoms with van der Waals surface area (Å²) in [5.41, 5.74) is 1.67. The van der Waals surface area contributed by atoms with Crippen LogP contribution in [0.1, 0.15) is 55.0 Å². The maximum absolute atomic E-state index is 11.3. The van der Waals surface area contributed by atoms with Gasteiger partial charge in [-0.15, -0.1) is 0 Å². The molecule has 2 heterocycles. The standard InChI is InChI=1S/C21H28ClN3O4/c1-4-8-17-18(5-2)25(19(23-17)21(28,29)24-11-6-7-12-24)20(26,27)16-10-9-15(22)13-14(16)3/h4,8-10,13,26-29H,5-7,11-12H2,1-3H3/b8-4-. The highest BCUT2D eigenvalue weighted by atomic mass is 35.5. The minimum Gasteiger partial charge on any atom is -0.347 e. The summed E-state index contributed by atoms with van der Waals surface area (Å²) < 4.78 is 1.12. The SMILES string of the molecule is C/C=C\c1nc(C(O)(O)N2CCCC2)n(C(O)(O)c2ccc(Cl)cc2C)c1CC. The molecule has 158 valence electrons. The summed E-state index contributed by atoms with van der Waals surface area (Å²) in [4.78, 5) is 5.90. The molecule has 4 N–H and O–H groups in total. The van der Waals surface area contributed by atoms with Crippen molar-refractivity contribution < 1.29 is 20.4 Å². The van der Waals surface area contributed by atoms with Gasteiger partial charge in [0.05, 0.1) is 11.4 Å². The number of allylic oxidation sites excluding steroid dienone is 1. The number of rotatable bonds is 6. The molecule has 8 heteroatoms. The van der Waals surface area contributed by atoms with E-state index in [1.807, 2.05) is 13.8 Å². The number of hydrogen-bond acceptors (Lipinski definition) is 6. The molecule has 1 aromatic heterocycles. The molecular formula is C21H28ClN3O4. The van der Waals surface area contributed by atoms with Crippen molar-refractivity contribution in [2.75, 3.05) is 13.1 Å². The van der Waals surface area contributed by atoms with Gasteiger partial charge >= 0.3 is 0 Å². The maximum atomic E-state index is 11.3. The second-order valence-electron chi connectivity index (χ2n) is 7.38. The fraction of sp³-hybridized carbons (Fsp3) is 0.476. The summed E-state index contributed by atoms with van der Waals surface area (Å²) in [6.07, 6.45) is 5.53.